The van der Waals surface area contributed by atoms with Gasteiger partial charge in [-0.3, -0.25) is 9.59 Å². The van der Waals surface area contributed by atoms with Gasteiger partial charge in [-0.1, -0.05) is 48.0 Å². The Morgan fingerprint density at radius 3 is 2.83 bits per heavy atom. The zero-order chi connectivity index (χ0) is 16.2. The summed E-state index contributed by atoms with van der Waals surface area (Å²) in [5, 5.41) is 2.90. The van der Waals surface area contributed by atoms with Gasteiger partial charge in [0.05, 0.1) is 12.8 Å². The number of hydrogen-bond donors (Lipinski definition) is 1. The fourth-order valence-corrected chi connectivity index (χ4v) is 2.94. The maximum Gasteiger partial charge on any atom is 0.231 e. The summed E-state index contributed by atoms with van der Waals surface area (Å²) in [6.45, 7) is 2.98. The first-order valence-electron chi connectivity index (χ1n) is 7.84. The summed E-state index contributed by atoms with van der Waals surface area (Å²) in [5.41, 5.74) is 4.17. The smallest absolute Gasteiger partial charge is 0.231 e. The van der Waals surface area contributed by atoms with Crippen molar-refractivity contribution in [3.63, 3.8) is 0 Å². The van der Waals surface area contributed by atoms with Crippen molar-refractivity contribution in [2.24, 2.45) is 0 Å². The van der Waals surface area contributed by atoms with E-state index in [9.17, 15) is 9.59 Å². The minimum absolute atomic E-state index is 0.0180. The van der Waals surface area contributed by atoms with Crippen molar-refractivity contribution in [1.29, 1.82) is 0 Å². The number of fused-ring (bicyclic) bond motifs is 1. The van der Waals surface area contributed by atoms with E-state index in [4.69, 9.17) is 0 Å². The lowest BCUT2D eigenvalue weighted by atomic mass is 10.1. The number of aryl methyl sites for hydroxylation is 1. The summed E-state index contributed by atoms with van der Waals surface area (Å²) < 4.78 is 0. The van der Waals surface area contributed by atoms with Gasteiger partial charge in [-0.25, -0.2) is 0 Å². The Hall–Kier alpha value is -2.62. The van der Waals surface area contributed by atoms with E-state index >= 15 is 0 Å². The summed E-state index contributed by atoms with van der Waals surface area (Å²) in [6.07, 6.45) is 0.819. The minimum Gasteiger partial charge on any atom is -0.354 e. The van der Waals surface area contributed by atoms with Crippen molar-refractivity contribution in [1.82, 2.24) is 5.32 Å². The van der Waals surface area contributed by atoms with Crippen LogP contribution >= 0.6 is 0 Å². The molecule has 0 aliphatic carbocycles. The molecule has 2 amide bonds. The lowest BCUT2D eigenvalue weighted by Gasteiger charge is -2.17. The highest BCUT2D eigenvalue weighted by molar-refractivity contribution is 6.01. The number of anilines is 1. The van der Waals surface area contributed by atoms with Crippen LogP contribution < -0.4 is 10.2 Å². The molecule has 2 aromatic carbocycles. The molecule has 0 bridgehead atoms. The van der Waals surface area contributed by atoms with E-state index in [0.717, 1.165) is 22.4 Å². The standard InChI is InChI=1S/C19H20N2O2/c1-14-5-4-6-15(11-14)12-18(22)20-9-10-21-17-8-3-2-7-16(17)13-19(21)23/h2-8,11H,9-10,12-13H2,1H3,(H,20,22). The summed E-state index contributed by atoms with van der Waals surface area (Å²) in [6, 6.07) is 15.7. The molecule has 1 heterocycles. The Morgan fingerprint density at radius 1 is 1.17 bits per heavy atom. The molecule has 1 N–H and O–H groups in total. The van der Waals surface area contributed by atoms with Crippen LogP contribution in [0.1, 0.15) is 16.7 Å². The second kappa shape index (κ2) is 6.65. The molecule has 0 unspecified atom stereocenters. The first kappa shape index (κ1) is 15.3. The molecule has 4 heteroatoms. The number of para-hydroxylation sites is 1. The molecule has 0 fully saturated rings. The number of nitrogens with zero attached hydrogens (tertiary/aromatic N) is 1. The van der Waals surface area contributed by atoms with E-state index in [1.54, 1.807) is 4.90 Å². The third-order valence-corrected chi connectivity index (χ3v) is 4.03. The maximum atomic E-state index is 12.0. The normalized spacial score (nSPS) is 13.1. The highest BCUT2D eigenvalue weighted by atomic mass is 16.2. The number of hydrogen-bond acceptors (Lipinski definition) is 2. The third-order valence-electron chi connectivity index (χ3n) is 4.03. The number of amides is 2. The van der Waals surface area contributed by atoms with Crippen LogP contribution in [0.5, 0.6) is 0 Å². The SMILES string of the molecule is Cc1cccc(CC(=O)NCCN2C(=O)Cc3ccccc32)c1. The summed E-state index contributed by atoms with van der Waals surface area (Å²) in [4.78, 5) is 25.8. The second-order valence-corrected chi connectivity index (χ2v) is 5.87. The maximum absolute atomic E-state index is 12.0. The van der Waals surface area contributed by atoms with Crippen LogP contribution in [-0.4, -0.2) is 24.9 Å². The van der Waals surface area contributed by atoms with Gasteiger partial charge in [0.15, 0.2) is 0 Å². The van der Waals surface area contributed by atoms with Crippen LogP contribution in [0.25, 0.3) is 0 Å². The molecule has 0 atom stereocenters. The Labute approximate surface area is 136 Å². The highest BCUT2D eigenvalue weighted by Crippen LogP contribution is 2.27. The average Bonchev–Trinajstić information content (AvgIpc) is 2.83. The van der Waals surface area contributed by atoms with Gasteiger partial charge < -0.3 is 10.2 Å². The number of carbonyl (C=O) groups excluding carboxylic acids is 2. The van der Waals surface area contributed by atoms with Crippen LogP contribution in [0, 0.1) is 6.92 Å². The van der Waals surface area contributed by atoms with E-state index in [2.05, 4.69) is 5.32 Å². The van der Waals surface area contributed by atoms with Crippen molar-refractivity contribution in [3.05, 3.63) is 65.2 Å². The molecule has 4 nitrogen and oxygen atoms in total. The minimum atomic E-state index is -0.0180. The fraction of sp³-hybridized carbons (Fsp3) is 0.263. The van der Waals surface area contributed by atoms with Gasteiger partial charge in [-0.15, -0.1) is 0 Å². The first-order chi connectivity index (χ1) is 11.1. The van der Waals surface area contributed by atoms with E-state index in [1.165, 1.54) is 0 Å². The predicted molar refractivity (Wildman–Crippen MR) is 90.4 cm³/mol. The molecule has 1 aliphatic heterocycles. The molecule has 23 heavy (non-hydrogen) atoms. The third kappa shape index (κ3) is 3.59. The zero-order valence-electron chi connectivity index (χ0n) is 13.2. The molecule has 118 valence electrons. The van der Waals surface area contributed by atoms with Crippen LogP contribution in [-0.2, 0) is 22.4 Å². The lowest BCUT2D eigenvalue weighted by Crippen LogP contribution is -2.37. The molecule has 1 aliphatic rings. The quantitative estimate of drug-likeness (QED) is 0.921. The van der Waals surface area contributed by atoms with Gasteiger partial charge in [0, 0.05) is 18.8 Å². The average molecular weight is 308 g/mol. The van der Waals surface area contributed by atoms with Crippen LogP contribution in [0.4, 0.5) is 5.69 Å². The van der Waals surface area contributed by atoms with Gasteiger partial charge in [0.25, 0.3) is 0 Å². The summed E-state index contributed by atoms with van der Waals surface area (Å²) in [5.74, 6) is 0.0784. The number of carbonyl (C=O) groups is 2. The summed E-state index contributed by atoms with van der Waals surface area (Å²) >= 11 is 0. The van der Waals surface area contributed by atoms with Crippen LogP contribution in [0.15, 0.2) is 48.5 Å². The molecule has 0 radical (unpaired) electrons. The van der Waals surface area contributed by atoms with Gasteiger partial charge in [-0.05, 0) is 24.1 Å². The van der Waals surface area contributed by atoms with Gasteiger partial charge in [-0.2, -0.15) is 0 Å². The Kier molecular flexibility index (Phi) is 4.42. The van der Waals surface area contributed by atoms with Crippen molar-refractivity contribution < 1.29 is 9.59 Å². The van der Waals surface area contributed by atoms with Crippen molar-refractivity contribution >= 4 is 17.5 Å². The van der Waals surface area contributed by atoms with Crippen molar-refractivity contribution in [3.8, 4) is 0 Å². The molecule has 3 rings (SSSR count). The molecule has 0 saturated heterocycles. The van der Waals surface area contributed by atoms with Gasteiger partial charge >= 0.3 is 0 Å². The van der Waals surface area contributed by atoms with E-state index in [1.807, 2.05) is 55.5 Å². The molecule has 2 aromatic rings. The number of rotatable bonds is 5. The molecule has 0 spiro atoms. The Bertz CT molecular complexity index is 740. The molecule has 0 aromatic heterocycles. The van der Waals surface area contributed by atoms with E-state index < -0.39 is 0 Å². The predicted octanol–water partition coefficient (Wildman–Crippen LogP) is 2.24. The van der Waals surface area contributed by atoms with E-state index in [0.29, 0.717) is 25.9 Å². The Morgan fingerprint density at radius 2 is 2.00 bits per heavy atom. The fourth-order valence-electron chi connectivity index (χ4n) is 2.94. The lowest BCUT2D eigenvalue weighted by molar-refractivity contribution is -0.121. The van der Waals surface area contributed by atoms with Gasteiger partial charge in [0.1, 0.15) is 0 Å². The number of nitrogens with one attached hydrogen (secondary N) is 1. The number of benzene rings is 2. The first-order valence-corrected chi connectivity index (χ1v) is 7.84. The van der Waals surface area contributed by atoms with E-state index in [-0.39, 0.29) is 11.8 Å². The second-order valence-electron chi connectivity index (χ2n) is 5.87. The van der Waals surface area contributed by atoms with Crippen LogP contribution in [0.3, 0.4) is 0 Å². The van der Waals surface area contributed by atoms with Crippen molar-refractivity contribution in [2.45, 2.75) is 19.8 Å². The summed E-state index contributed by atoms with van der Waals surface area (Å²) in [7, 11) is 0. The highest BCUT2D eigenvalue weighted by Gasteiger charge is 2.26. The molecular formula is C19H20N2O2. The molecule has 0 saturated carbocycles. The Balaban J connectivity index is 1.52. The van der Waals surface area contributed by atoms with Crippen LogP contribution in [0.2, 0.25) is 0 Å². The monoisotopic (exact) mass is 308 g/mol. The zero-order valence-corrected chi connectivity index (χ0v) is 13.2. The largest absolute Gasteiger partial charge is 0.354 e. The molecular weight excluding hydrogens is 288 g/mol. The van der Waals surface area contributed by atoms with Gasteiger partial charge in [0.2, 0.25) is 11.8 Å². The van der Waals surface area contributed by atoms with Crippen molar-refractivity contribution in [2.75, 3.05) is 18.0 Å². The topological polar surface area (TPSA) is 49.4 Å².